The minimum Gasteiger partial charge on any atom is -0.389 e. The SMILES string of the molecule is O=C(CC1(O)CCCCC1)Nc1ccn(Cc2ccccc2)n1. The molecular formula is C18H23N3O2. The van der Waals surface area contributed by atoms with Crippen molar-refractivity contribution in [2.75, 3.05) is 5.32 Å². The molecule has 1 aliphatic carbocycles. The predicted molar refractivity (Wildman–Crippen MR) is 89.1 cm³/mol. The van der Waals surface area contributed by atoms with Crippen molar-refractivity contribution in [2.24, 2.45) is 0 Å². The van der Waals surface area contributed by atoms with Crippen molar-refractivity contribution < 1.29 is 9.90 Å². The molecule has 1 amide bonds. The molecule has 0 unspecified atom stereocenters. The van der Waals surface area contributed by atoms with Gasteiger partial charge in [-0.3, -0.25) is 9.48 Å². The van der Waals surface area contributed by atoms with E-state index in [1.807, 2.05) is 36.5 Å². The van der Waals surface area contributed by atoms with Gasteiger partial charge in [0.1, 0.15) is 0 Å². The Morgan fingerprint density at radius 1 is 1.17 bits per heavy atom. The van der Waals surface area contributed by atoms with Crippen LogP contribution in [0.2, 0.25) is 0 Å². The standard InChI is InChI=1S/C18H23N3O2/c22-17(13-18(23)10-5-2-6-11-18)19-16-9-12-21(20-16)14-15-7-3-1-4-8-15/h1,3-4,7-9,12,23H,2,5-6,10-11,13-14H2,(H,19,20,22). The molecule has 1 fully saturated rings. The lowest BCUT2D eigenvalue weighted by molar-refractivity contribution is -0.122. The third-order valence-corrected chi connectivity index (χ3v) is 4.37. The van der Waals surface area contributed by atoms with E-state index in [1.165, 1.54) is 0 Å². The van der Waals surface area contributed by atoms with Crippen LogP contribution in [0.5, 0.6) is 0 Å². The summed E-state index contributed by atoms with van der Waals surface area (Å²) in [5.74, 6) is 0.365. The number of carbonyl (C=O) groups is 1. The minimum absolute atomic E-state index is 0.151. The van der Waals surface area contributed by atoms with Gasteiger partial charge in [-0.15, -0.1) is 0 Å². The molecule has 23 heavy (non-hydrogen) atoms. The highest BCUT2D eigenvalue weighted by Gasteiger charge is 2.31. The fourth-order valence-corrected chi connectivity index (χ4v) is 3.16. The first-order valence-corrected chi connectivity index (χ1v) is 8.23. The number of carbonyl (C=O) groups excluding carboxylic acids is 1. The van der Waals surface area contributed by atoms with Crippen LogP contribution in [0.25, 0.3) is 0 Å². The van der Waals surface area contributed by atoms with E-state index in [0.717, 1.165) is 24.8 Å². The summed E-state index contributed by atoms with van der Waals surface area (Å²) in [5.41, 5.74) is 0.319. The molecule has 0 radical (unpaired) electrons. The van der Waals surface area contributed by atoms with Gasteiger partial charge in [0.15, 0.2) is 5.82 Å². The Labute approximate surface area is 136 Å². The van der Waals surface area contributed by atoms with E-state index in [1.54, 1.807) is 10.7 Å². The molecular weight excluding hydrogens is 290 g/mol. The number of nitrogens with one attached hydrogen (secondary N) is 1. The number of nitrogens with zero attached hydrogens (tertiary/aromatic N) is 2. The second-order valence-electron chi connectivity index (χ2n) is 6.39. The molecule has 122 valence electrons. The van der Waals surface area contributed by atoms with Gasteiger partial charge in [-0.1, -0.05) is 49.6 Å². The second kappa shape index (κ2) is 6.96. The zero-order valence-electron chi connectivity index (χ0n) is 13.2. The molecule has 3 rings (SSSR count). The van der Waals surface area contributed by atoms with Gasteiger partial charge in [-0.05, 0) is 18.4 Å². The Balaban J connectivity index is 1.55. The van der Waals surface area contributed by atoms with Crippen molar-refractivity contribution in [1.82, 2.24) is 9.78 Å². The molecule has 0 bridgehead atoms. The number of amides is 1. The number of rotatable bonds is 5. The summed E-state index contributed by atoms with van der Waals surface area (Å²) in [7, 11) is 0. The summed E-state index contributed by atoms with van der Waals surface area (Å²) >= 11 is 0. The molecule has 1 saturated carbocycles. The highest BCUT2D eigenvalue weighted by atomic mass is 16.3. The van der Waals surface area contributed by atoms with Crippen molar-refractivity contribution in [2.45, 2.75) is 50.7 Å². The smallest absolute Gasteiger partial charge is 0.228 e. The van der Waals surface area contributed by atoms with E-state index < -0.39 is 5.60 Å². The predicted octanol–water partition coefficient (Wildman–Crippen LogP) is 2.96. The topological polar surface area (TPSA) is 67.2 Å². The van der Waals surface area contributed by atoms with Gasteiger partial charge in [-0.25, -0.2) is 0 Å². The molecule has 0 spiro atoms. The van der Waals surface area contributed by atoms with Crippen LogP contribution >= 0.6 is 0 Å². The summed E-state index contributed by atoms with van der Waals surface area (Å²) in [4.78, 5) is 12.1. The fourth-order valence-electron chi connectivity index (χ4n) is 3.16. The fraction of sp³-hybridized carbons (Fsp3) is 0.444. The van der Waals surface area contributed by atoms with Crippen LogP contribution in [0.4, 0.5) is 5.82 Å². The van der Waals surface area contributed by atoms with Crippen LogP contribution in [0, 0.1) is 0 Å². The van der Waals surface area contributed by atoms with Crippen LogP contribution in [0.3, 0.4) is 0 Å². The van der Waals surface area contributed by atoms with Gasteiger partial charge in [0.25, 0.3) is 0 Å². The Morgan fingerprint density at radius 3 is 2.65 bits per heavy atom. The minimum atomic E-state index is -0.838. The van der Waals surface area contributed by atoms with E-state index in [4.69, 9.17) is 0 Å². The number of aliphatic hydroxyl groups is 1. The third-order valence-electron chi connectivity index (χ3n) is 4.37. The molecule has 1 aromatic carbocycles. The molecule has 2 aromatic rings. The van der Waals surface area contributed by atoms with Gasteiger partial charge < -0.3 is 10.4 Å². The summed E-state index contributed by atoms with van der Waals surface area (Å²) in [6, 6.07) is 11.8. The highest BCUT2D eigenvalue weighted by Crippen LogP contribution is 2.31. The lowest BCUT2D eigenvalue weighted by atomic mass is 9.82. The Hall–Kier alpha value is -2.14. The molecule has 0 atom stereocenters. The van der Waals surface area contributed by atoms with Crippen molar-refractivity contribution in [3.8, 4) is 0 Å². The zero-order valence-corrected chi connectivity index (χ0v) is 13.2. The van der Waals surface area contributed by atoms with Crippen LogP contribution in [0.1, 0.15) is 44.1 Å². The average molecular weight is 313 g/mol. The van der Waals surface area contributed by atoms with Crippen LogP contribution in [-0.4, -0.2) is 26.4 Å². The maximum Gasteiger partial charge on any atom is 0.228 e. The second-order valence-corrected chi connectivity index (χ2v) is 6.39. The number of hydrogen-bond acceptors (Lipinski definition) is 3. The Morgan fingerprint density at radius 2 is 1.91 bits per heavy atom. The number of hydrogen-bond donors (Lipinski definition) is 2. The molecule has 0 aliphatic heterocycles. The van der Waals surface area contributed by atoms with Gasteiger partial charge in [0, 0.05) is 12.3 Å². The Bertz CT molecular complexity index is 645. The van der Waals surface area contributed by atoms with Gasteiger partial charge in [0.2, 0.25) is 5.91 Å². The van der Waals surface area contributed by atoms with Crippen molar-refractivity contribution >= 4 is 11.7 Å². The largest absolute Gasteiger partial charge is 0.389 e. The molecule has 5 nitrogen and oxygen atoms in total. The summed E-state index contributed by atoms with van der Waals surface area (Å²) in [6.07, 6.45) is 6.56. The maximum absolute atomic E-state index is 12.1. The lowest BCUT2D eigenvalue weighted by Crippen LogP contribution is -2.35. The van der Waals surface area contributed by atoms with E-state index in [9.17, 15) is 9.90 Å². The molecule has 0 saturated heterocycles. The lowest BCUT2D eigenvalue weighted by Gasteiger charge is -2.31. The highest BCUT2D eigenvalue weighted by molar-refractivity contribution is 5.90. The quantitative estimate of drug-likeness (QED) is 0.892. The third kappa shape index (κ3) is 4.42. The number of aromatic nitrogens is 2. The van der Waals surface area contributed by atoms with Crippen LogP contribution in [0.15, 0.2) is 42.6 Å². The van der Waals surface area contributed by atoms with Gasteiger partial charge >= 0.3 is 0 Å². The van der Waals surface area contributed by atoms with Gasteiger partial charge in [0.05, 0.1) is 18.6 Å². The maximum atomic E-state index is 12.1. The van der Waals surface area contributed by atoms with E-state index in [-0.39, 0.29) is 12.3 Å². The summed E-state index contributed by atoms with van der Waals surface area (Å²) < 4.78 is 1.79. The zero-order chi connectivity index (χ0) is 16.1. The average Bonchev–Trinajstić information content (AvgIpc) is 2.95. The molecule has 1 aliphatic rings. The number of anilines is 1. The van der Waals surface area contributed by atoms with Gasteiger partial charge in [-0.2, -0.15) is 5.10 Å². The monoisotopic (exact) mass is 313 g/mol. The first-order valence-electron chi connectivity index (χ1n) is 8.23. The first-order chi connectivity index (χ1) is 11.1. The van der Waals surface area contributed by atoms with Crippen molar-refractivity contribution in [3.05, 3.63) is 48.2 Å². The normalized spacial score (nSPS) is 16.9. The molecule has 2 N–H and O–H groups in total. The van der Waals surface area contributed by atoms with Crippen molar-refractivity contribution in [1.29, 1.82) is 0 Å². The first kappa shape index (κ1) is 15.7. The van der Waals surface area contributed by atoms with Crippen molar-refractivity contribution in [3.63, 3.8) is 0 Å². The molecule has 5 heteroatoms. The molecule has 1 heterocycles. The Kier molecular flexibility index (Phi) is 4.76. The summed E-state index contributed by atoms with van der Waals surface area (Å²) in [6.45, 7) is 0.667. The summed E-state index contributed by atoms with van der Waals surface area (Å²) in [5, 5.41) is 17.6. The van der Waals surface area contributed by atoms with E-state index in [2.05, 4.69) is 10.4 Å². The van der Waals surface area contributed by atoms with Crippen LogP contribution in [-0.2, 0) is 11.3 Å². The van der Waals surface area contributed by atoms with E-state index in [0.29, 0.717) is 25.2 Å². The number of benzene rings is 1. The van der Waals surface area contributed by atoms with Crippen LogP contribution < -0.4 is 5.32 Å². The molecule has 1 aromatic heterocycles. The van der Waals surface area contributed by atoms with E-state index >= 15 is 0 Å².